The highest BCUT2D eigenvalue weighted by Gasteiger charge is 2.32. The Morgan fingerprint density at radius 3 is 2.62 bits per heavy atom. The highest BCUT2D eigenvalue weighted by atomic mass is 19.2. The lowest BCUT2D eigenvalue weighted by atomic mass is 10.00. The number of anilines is 1. The highest BCUT2D eigenvalue weighted by molar-refractivity contribution is 5.90. The topological polar surface area (TPSA) is 46.5 Å². The smallest absolute Gasteiger partial charge is 0.322 e. The molecule has 0 radical (unpaired) electrons. The van der Waals surface area contributed by atoms with Crippen molar-refractivity contribution in [1.29, 1.82) is 0 Å². The van der Waals surface area contributed by atoms with Crippen molar-refractivity contribution in [3.8, 4) is 5.75 Å². The molecule has 0 saturated carbocycles. The van der Waals surface area contributed by atoms with Crippen LogP contribution < -0.4 is 10.1 Å². The molecule has 0 saturated heterocycles. The van der Waals surface area contributed by atoms with Gasteiger partial charge < -0.3 is 19.5 Å². The summed E-state index contributed by atoms with van der Waals surface area (Å²) < 4.78 is 34.8. The first-order valence-electron chi connectivity index (χ1n) is 9.47. The van der Waals surface area contributed by atoms with E-state index in [9.17, 15) is 13.6 Å². The first-order valence-corrected chi connectivity index (χ1v) is 9.47. The van der Waals surface area contributed by atoms with Crippen molar-refractivity contribution in [2.24, 2.45) is 0 Å². The monoisotopic (exact) mass is 397 g/mol. The Morgan fingerprint density at radius 1 is 1.10 bits per heavy atom. The zero-order valence-electron chi connectivity index (χ0n) is 15.9. The second-order valence-electron chi connectivity index (χ2n) is 6.78. The molecule has 29 heavy (non-hydrogen) atoms. The minimum atomic E-state index is -0.932. The number of urea groups is 1. The molecule has 1 N–H and O–H groups in total. The third-order valence-corrected chi connectivity index (χ3v) is 4.98. The molecule has 0 aliphatic carbocycles. The maximum Gasteiger partial charge on any atom is 0.322 e. The molecule has 2 aromatic carbocycles. The molecule has 0 bridgehead atoms. The van der Waals surface area contributed by atoms with E-state index in [1.54, 1.807) is 29.2 Å². The van der Waals surface area contributed by atoms with E-state index in [0.717, 1.165) is 23.6 Å². The van der Waals surface area contributed by atoms with Crippen LogP contribution in [0.15, 0.2) is 60.8 Å². The molecular weight excluding hydrogens is 376 g/mol. The van der Waals surface area contributed by atoms with Gasteiger partial charge in [0.15, 0.2) is 11.6 Å². The van der Waals surface area contributed by atoms with Gasteiger partial charge in [0.05, 0.1) is 12.6 Å². The molecule has 1 aliphatic heterocycles. The number of hydrogen-bond donors (Lipinski definition) is 1. The molecule has 3 aromatic rings. The van der Waals surface area contributed by atoms with Crippen LogP contribution in [-0.4, -0.2) is 28.6 Å². The van der Waals surface area contributed by atoms with Gasteiger partial charge in [0.25, 0.3) is 0 Å². The molecule has 1 aliphatic rings. The lowest BCUT2D eigenvalue weighted by Crippen LogP contribution is -2.44. The number of rotatable bonds is 4. The van der Waals surface area contributed by atoms with Gasteiger partial charge in [0, 0.05) is 30.7 Å². The number of benzene rings is 2. The zero-order valence-corrected chi connectivity index (χ0v) is 15.9. The van der Waals surface area contributed by atoms with E-state index in [1.807, 2.05) is 29.8 Å². The predicted molar refractivity (Wildman–Crippen MR) is 106 cm³/mol. The van der Waals surface area contributed by atoms with Gasteiger partial charge in [-0.2, -0.15) is 0 Å². The number of halogens is 2. The Morgan fingerprint density at radius 2 is 1.90 bits per heavy atom. The van der Waals surface area contributed by atoms with Crippen molar-refractivity contribution >= 4 is 11.7 Å². The highest BCUT2D eigenvalue weighted by Crippen LogP contribution is 2.33. The average molecular weight is 397 g/mol. The number of hydrogen-bond acceptors (Lipinski definition) is 2. The van der Waals surface area contributed by atoms with Gasteiger partial charge in [0.1, 0.15) is 5.75 Å². The zero-order chi connectivity index (χ0) is 20.4. The maximum absolute atomic E-state index is 13.9. The van der Waals surface area contributed by atoms with E-state index in [1.165, 1.54) is 6.07 Å². The summed E-state index contributed by atoms with van der Waals surface area (Å²) >= 11 is 0. The third-order valence-electron chi connectivity index (χ3n) is 4.98. The third kappa shape index (κ3) is 3.81. The molecule has 0 unspecified atom stereocenters. The normalized spacial score (nSPS) is 15.7. The molecule has 150 valence electrons. The van der Waals surface area contributed by atoms with E-state index in [2.05, 4.69) is 5.32 Å². The van der Waals surface area contributed by atoms with Crippen LogP contribution in [0.25, 0.3) is 0 Å². The number of aromatic nitrogens is 1. The minimum Gasteiger partial charge on any atom is -0.494 e. The second kappa shape index (κ2) is 7.95. The Bertz CT molecular complexity index is 1020. The van der Waals surface area contributed by atoms with Gasteiger partial charge in [-0.25, -0.2) is 13.6 Å². The molecule has 0 spiro atoms. The molecule has 0 fully saturated rings. The Hall–Kier alpha value is -3.35. The fourth-order valence-electron chi connectivity index (χ4n) is 3.63. The summed E-state index contributed by atoms with van der Waals surface area (Å²) in [4.78, 5) is 14.7. The van der Waals surface area contributed by atoms with Crippen molar-refractivity contribution < 1.29 is 18.3 Å². The number of fused-ring (bicyclic) bond motifs is 1. The van der Waals surface area contributed by atoms with Crippen LogP contribution in [0.5, 0.6) is 5.75 Å². The molecule has 4 rings (SSSR count). The molecule has 5 nitrogen and oxygen atoms in total. The summed E-state index contributed by atoms with van der Waals surface area (Å²) in [5.74, 6) is -1.12. The molecule has 7 heteroatoms. The van der Waals surface area contributed by atoms with E-state index in [4.69, 9.17) is 4.74 Å². The van der Waals surface area contributed by atoms with Crippen LogP contribution >= 0.6 is 0 Å². The molecule has 1 atom stereocenters. The number of carbonyl (C=O) groups is 1. The van der Waals surface area contributed by atoms with Crippen molar-refractivity contribution in [3.05, 3.63) is 83.7 Å². The van der Waals surface area contributed by atoms with E-state index >= 15 is 0 Å². The van der Waals surface area contributed by atoms with Gasteiger partial charge in [-0.05, 0) is 61.0 Å². The fraction of sp³-hybridized carbons (Fsp3) is 0.227. The van der Waals surface area contributed by atoms with Crippen molar-refractivity contribution in [1.82, 2.24) is 9.47 Å². The SMILES string of the molecule is CCOc1ccc(NC(=O)N2CCn3cccc3[C@@H]2c2ccc(F)c(F)c2)cc1. The van der Waals surface area contributed by atoms with Gasteiger partial charge in [0.2, 0.25) is 0 Å². The van der Waals surface area contributed by atoms with E-state index in [0.29, 0.717) is 30.9 Å². The van der Waals surface area contributed by atoms with Crippen molar-refractivity contribution in [2.75, 3.05) is 18.5 Å². The number of amides is 2. The summed E-state index contributed by atoms with van der Waals surface area (Å²) in [6, 6.07) is 13.8. The summed E-state index contributed by atoms with van der Waals surface area (Å²) in [6.07, 6.45) is 1.92. The lowest BCUT2D eigenvalue weighted by Gasteiger charge is -2.37. The van der Waals surface area contributed by atoms with E-state index < -0.39 is 17.7 Å². The van der Waals surface area contributed by atoms with Gasteiger partial charge in [-0.1, -0.05) is 6.07 Å². The Kier molecular flexibility index (Phi) is 5.20. The number of nitrogens with one attached hydrogen (secondary N) is 1. The van der Waals surface area contributed by atoms with Crippen molar-refractivity contribution in [3.63, 3.8) is 0 Å². The average Bonchev–Trinajstić information content (AvgIpc) is 3.20. The Balaban J connectivity index is 1.62. The largest absolute Gasteiger partial charge is 0.494 e. The first-order chi connectivity index (χ1) is 14.1. The number of nitrogens with zero attached hydrogens (tertiary/aromatic N) is 2. The van der Waals surface area contributed by atoms with Gasteiger partial charge >= 0.3 is 6.03 Å². The standard InChI is InChI=1S/C22H21F2N3O2/c1-2-29-17-8-6-16(7-9-17)25-22(28)27-13-12-26-11-3-4-20(26)21(27)15-5-10-18(23)19(24)14-15/h3-11,14,21H,2,12-13H2,1H3,(H,25,28)/t21-/m0/s1. The molecule has 2 amide bonds. The quantitative estimate of drug-likeness (QED) is 0.687. The van der Waals surface area contributed by atoms with Gasteiger partial charge in [-0.3, -0.25) is 0 Å². The van der Waals surface area contributed by atoms with Crippen LogP contribution in [0.1, 0.15) is 24.2 Å². The predicted octanol–water partition coefficient (Wildman–Crippen LogP) is 4.80. The van der Waals surface area contributed by atoms with Crippen LogP contribution in [0.2, 0.25) is 0 Å². The minimum absolute atomic E-state index is 0.309. The van der Waals surface area contributed by atoms with Crippen molar-refractivity contribution in [2.45, 2.75) is 19.5 Å². The summed E-state index contributed by atoms with van der Waals surface area (Å²) in [5.41, 5.74) is 2.00. The number of carbonyl (C=O) groups excluding carboxylic acids is 1. The molecule has 2 heterocycles. The van der Waals surface area contributed by atoms with E-state index in [-0.39, 0.29) is 6.03 Å². The van der Waals surface area contributed by atoms with Crippen LogP contribution in [0, 0.1) is 11.6 Å². The summed E-state index contributed by atoms with van der Waals surface area (Å²) in [6.45, 7) is 3.53. The van der Waals surface area contributed by atoms with Crippen LogP contribution in [0.4, 0.5) is 19.3 Å². The maximum atomic E-state index is 13.9. The summed E-state index contributed by atoms with van der Waals surface area (Å²) in [5, 5.41) is 2.88. The summed E-state index contributed by atoms with van der Waals surface area (Å²) in [7, 11) is 0. The fourth-order valence-corrected chi connectivity index (χ4v) is 3.63. The van der Waals surface area contributed by atoms with Crippen LogP contribution in [-0.2, 0) is 6.54 Å². The lowest BCUT2D eigenvalue weighted by molar-refractivity contribution is 0.181. The number of ether oxygens (including phenoxy) is 1. The molecular formula is C22H21F2N3O2. The van der Waals surface area contributed by atoms with Crippen LogP contribution in [0.3, 0.4) is 0 Å². The second-order valence-corrected chi connectivity index (χ2v) is 6.78. The molecule has 1 aromatic heterocycles. The first kappa shape index (κ1) is 19.0. The van der Waals surface area contributed by atoms with Gasteiger partial charge in [-0.15, -0.1) is 0 Å². The Labute approximate surface area is 167 Å².